The summed E-state index contributed by atoms with van der Waals surface area (Å²) in [4.78, 5) is 24.4. The predicted molar refractivity (Wildman–Crippen MR) is 129 cm³/mol. The number of benzene rings is 3. The van der Waals surface area contributed by atoms with Crippen LogP contribution in [0.25, 0.3) is 11.1 Å². The minimum Gasteiger partial charge on any atom is -0.483 e. The van der Waals surface area contributed by atoms with Gasteiger partial charge in [-0.3, -0.25) is 25.8 Å². The topological polar surface area (TPSA) is 79.5 Å². The van der Waals surface area contributed by atoms with E-state index in [2.05, 4.69) is 30.0 Å². The van der Waals surface area contributed by atoms with Crippen molar-refractivity contribution in [3.05, 3.63) is 90.0 Å². The Kier molecular flexibility index (Phi) is 7.94. The lowest BCUT2D eigenvalue weighted by molar-refractivity contribution is -0.123. The first-order valence-electron chi connectivity index (χ1n) is 10.2. The van der Waals surface area contributed by atoms with Gasteiger partial charge in [-0.15, -0.1) is 0 Å². The summed E-state index contributed by atoms with van der Waals surface area (Å²) in [5.41, 5.74) is 8.48. The molecule has 7 heteroatoms. The number of amides is 2. The van der Waals surface area contributed by atoms with Crippen LogP contribution in [0, 0.1) is 0 Å². The van der Waals surface area contributed by atoms with Crippen LogP contribution in [0.1, 0.15) is 35.7 Å². The van der Waals surface area contributed by atoms with Crippen molar-refractivity contribution in [2.75, 3.05) is 6.61 Å². The van der Waals surface area contributed by atoms with Gasteiger partial charge in [-0.1, -0.05) is 74.5 Å². The predicted octanol–water partition coefficient (Wildman–Crippen LogP) is 4.19. The number of ether oxygens (including phenoxy) is 1. The van der Waals surface area contributed by atoms with E-state index in [1.165, 1.54) is 0 Å². The summed E-state index contributed by atoms with van der Waals surface area (Å²) in [5.74, 6) is 0.134. The first-order valence-corrected chi connectivity index (χ1v) is 10.6. The zero-order valence-corrected chi connectivity index (χ0v) is 18.7. The van der Waals surface area contributed by atoms with E-state index in [0.717, 1.165) is 16.7 Å². The van der Waals surface area contributed by atoms with E-state index in [-0.39, 0.29) is 23.5 Å². The van der Waals surface area contributed by atoms with Gasteiger partial charge in [0.05, 0.1) is 0 Å². The fraction of sp³-hybridized carbons (Fsp3) is 0.160. The molecule has 0 bridgehead atoms. The van der Waals surface area contributed by atoms with Gasteiger partial charge in [0, 0.05) is 5.56 Å². The van der Waals surface area contributed by atoms with E-state index in [4.69, 9.17) is 17.0 Å². The van der Waals surface area contributed by atoms with Crippen LogP contribution in [0.4, 0.5) is 0 Å². The maximum absolute atomic E-state index is 12.4. The zero-order valence-electron chi connectivity index (χ0n) is 17.9. The van der Waals surface area contributed by atoms with E-state index in [1.54, 1.807) is 12.1 Å². The number of hydrazine groups is 1. The van der Waals surface area contributed by atoms with Crippen LogP contribution in [0.5, 0.6) is 5.75 Å². The van der Waals surface area contributed by atoms with Gasteiger partial charge in [-0.25, -0.2) is 0 Å². The van der Waals surface area contributed by atoms with Gasteiger partial charge < -0.3 is 4.74 Å². The lowest BCUT2D eigenvalue weighted by atomic mass is 10.0. The molecule has 164 valence electrons. The molecule has 0 saturated heterocycles. The molecule has 0 saturated carbocycles. The van der Waals surface area contributed by atoms with E-state index in [0.29, 0.717) is 11.3 Å². The summed E-state index contributed by atoms with van der Waals surface area (Å²) in [7, 11) is 0. The van der Waals surface area contributed by atoms with Gasteiger partial charge >= 0.3 is 0 Å². The van der Waals surface area contributed by atoms with Crippen molar-refractivity contribution in [1.29, 1.82) is 0 Å². The van der Waals surface area contributed by atoms with Crippen LogP contribution in [0.2, 0.25) is 0 Å². The van der Waals surface area contributed by atoms with Gasteiger partial charge in [0.15, 0.2) is 11.7 Å². The SMILES string of the molecule is CC(C)c1ccccc1OCC(=O)NNC(=S)NC(=O)c1ccc(-c2ccccc2)cc1. The van der Waals surface area contributed by atoms with Gasteiger partial charge in [0.1, 0.15) is 5.75 Å². The van der Waals surface area contributed by atoms with E-state index >= 15 is 0 Å². The van der Waals surface area contributed by atoms with E-state index in [9.17, 15) is 9.59 Å². The number of para-hydroxylation sites is 1. The molecule has 0 aliphatic rings. The number of hydrogen-bond donors (Lipinski definition) is 3. The average Bonchev–Trinajstić information content (AvgIpc) is 2.82. The second-order valence-corrected chi connectivity index (χ2v) is 7.79. The summed E-state index contributed by atoms with van der Waals surface area (Å²) in [5, 5.41) is 2.52. The number of carbonyl (C=O) groups excluding carboxylic acids is 2. The molecule has 6 nitrogen and oxygen atoms in total. The molecule has 0 aromatic heterocycles. The van der Waals surface area contributed by atoms with E-state index < -0.39 is 5.91 Å². The van der Waals surface area contributed by atoms with Crippen molar-refractivity contribution in [2.24, 2.45) is 0 Å². The smallest absolute Gasteiger partial charge is 0.276 e. The molecule has 3 rings (SSSR count). The minimum atomic E-state index is -0.424. The highest BCUT2D eigenvalue weighted by Gasteiger charge is 2.11. The second-order valence-electron chi connectivity index (χ2n) is 7.38. The molecular formula is C25H25N3O3S. The summed E-state index contributed by atoms with van der Waals surface area (Å²) in [6.45, 7) is 3.93. The minimum absolute atomic E-state index is 0.0157. The third kappa shape index (κ3) is 6.39. The second kappa shape index (κ2) is 11.1. The zero-order chi connectivity index (χ0) is 22.9. The van der Waals surface area contributed by atoms with Gasteiger partial charge in [0.25, 0.3) is 11.8 Å². The van der Waals surface area contributed by atoms with Crippen LogP contribution in [0.3, 0.4) is 0 Å². The third-order valence-electron chi connectivity index (χ3n) is 4.70. The summed E-state index contributed by atoms with van der Waals surface area (Å²) in [6, 6.07) is 24.6. The summed E-state index contributed by atoms with van der Waals surface area (Å²) < 4.78 is 5.61. The molecule has 0 radical (unpaired) electrons. The van der Waals surface area contributed by atoms with Gasteiger partial charge in [-0.2, -0.15) is 0 Å². The molecule has 2 amide bonds. The Morgan fingerprint density at radius 2 is 1.47 bits per heavy atom. The first-order chi connectivity index (χ1) is 15.4. The lowest BCUT2D eigenvalue weighted by Gasteiger charge is -2.14. The first kappa shape index (κ1) is 23.0. The fourth-order valence-corrected chi connectivity index (χ4v) is 3.19. The lowest BCUT2D eigenvalue weighted by Crippen LogP contribution is -2.49. The normalized spacial score (nSPS) is 10.3. The maximum Gasteiger partial charge on any atom is 0.276 e. The molecule has 0 aliphatic carbocycles. The molecule has 32 heavy (non-hydrogen) atoms. The molecule has 0 heterocycles. The number of hydrogen-bond acceptors (Lipinski definition) is 4. The van der Waals surface area contributed by atoms with Crippen molar-refractivity contribution in [1.82, 2.24) is 16.2 Å². The molecular weight excluding hydrogens is 422 g/mol. The average molecular weight is 448 g/mol. The Bertz CT molecular complexity index is 1080. The molecule has 0 spiro atoms. The van der Waals surface area contributed by atoms with E-state index in [1.807, 2.05) is 66.7 Å². The molecule has 0 atom stereocenters. The largest absolute Gasteiger partial charge is 0.483 e. The molecule has 3 aromatic carbocycles. The highest BCUT2D eigenvalue weighted by atomic mass is 32.1. The van der Waals surface area contributed by atoms with Crippen LogP contribution in [-0.2, 0) is 4.79 Å². The Balaban J connectivity index is 1.45. The standard InChI is InChI=1S/C25H25N3O3S/c1-17(2)21-10-6-7-11-22(21)31-16-23(29)27-28-25(32)26-24(30)20-14-12-19(13-15-20)18-8-4-3-5-9-18/h3-15,17H,16H2,1-2H3,(H,27,29)(H2,26,28,30,32). The number of thiocarbonyl (C=S) groups is 1. The molecule has 0 unspecified atom stereocenters. The Hall–Kier alpha value is -3.71. The Morgan fingerprint density at radius 3 is 2.16 bits per heavy atom. The van der Waals surface area contributed by atoms with Gasteiger partial charge in [0.2, 0.25) is 0 Å². The maximum atomic E-state index is 12.4. The third-order valence-corrected chi connectivity index (χ3v) is 4.90. The molecule has 3 N–H and O–H groups in total. The number of carbonyl (C=O) groups is 2. The summed E-state index contributed by atoms with van der Waals surface area (Å²) >= 11 is 5.09. The van der Waals surface area contributed by atoms with Crippen molar-refractivity contribution < 1.29 is 14.3 Å². The highest BCUT2D eigenvalue weighted by molar-refractivity contribution is 7.80. The number of nitrogens with one attached hydrogen (secondary N) is 3. The highest BCUT2D eigenvalue weighted by Crippen LogP contribution is 2.25. The molecule has 0 aliphatic heterocycles. The summed E-state index contributed by atoms with van der Waals surface area (Å²) in [6.07, 6.45) is 0. The number of rotatable bonds is 6. The van der Waals surface area contributed by atoms with Crippen molar-refractivity contribution in [3.8, 4) is 16.9 Å². The van der Waals surface area contributed by atoms with Crippen molar-refractivity contribution in [2.45, 2.75) is 19.8 Å². The Labute approximate surface area is 193 Å². The molecule has 3 aromatic rings. The van der Waals surface area contributed by atoms with Gasteiger partial charge in [-0.05, 0) is 53.0 Å². The fourth-order valence-electron chi connectivity index (χ4n) is 3.05. The quantitative estimate of drug-likeness (QED) is 0.390. The van der Waals surface area contributed by atoms with Crippen LogP contribution in [0.15, 0.2) is 78.9 Å². The van der Waals surface area contributed by atoms with Crippen LogP contribution < -0.4 is 20.9 Å². The Morgan fingerprint density at radius 1 is 0.844 bits per heavy atom. The van der Waals surface area contributed by atoms with Crippen LogP contribution >= 0.6 is 12.2 Å². The van der Waals surface area contributed by atoms with Crippen molar-refractivity contribution >= 4 is 29.1 Å². The molecule has 0 fully saturated rings. The monoisotopic (exact) mass is 447 g/mol. The van der Waals surface area contributed by atoms with Crippen molar-refractivity contribution in [3.63, 3.8) is 0 Å². The van der Waals surface area contributed by atoms with Crippen LogP contribution in [-0.4, -0.2) is 23.5 Å².